The monoisotopic (exact) mass is 548 g/mol. The van der Waals surface area contributed by atoms with Crippen molar-refractivity contribution in [2.24, 2.45) is 0 Å². The molecule has 1 aliphatic heterocycles. The van der Waals surface area contributed by atoms with Crippen LogP contribution >= 0.6 is 11.6 Å². The zero-order chi connectivity index (χ0) is 27.1. The van der Waals surface area contributed by atoms with Gasteiger partial charge in [-0.15, -0.1) is 5.10 Å². The van der Waals surface area contributed by atoms with Crippen LogP contribution in [0.25, 0.3) is 16.9 Å². The topological polar surface area (TPSA) is 111 Å². The Hall–Kier alpha value is -3.32. The number of hydrogen-bond acceptors (Lipinski definition) is 7. The largest absolute Gasteiger partial charge is 0.394 e. The van der Waals surface area contributed by atoms with Gasteiger partial charge in [0.05, 0.1) is 24.5 Å². The van der Waals surface area contributed by atoms with E-state index >= 15 is 0 Å². The van der Waals surface area contributed by atoms with Crippen LogP contribution in [0.1, 0.15) is 42.7 Å². The average molecular weight is 549 g/mol. The molecule has 0 radical (unpaired) electrons. The molecule has 200 valence electrons. The molecule has 13 heteroatoms. The van der Waals surface area contributed by atoms with Gasteiger partial charge >= 0.3 is 0 Å². The summed E-state index contributed by atoms with van der Waals surface area (Å²) in [5.41, 5.74) is 1.76. The van der Waals surface area contributed by atoms with Gasteiger partial charge in [-0.2, -0.15) is 5.10 Å². The van der Waals surface area contributed by atoms with Crippen LogP contribution in [0.15, 0.2) is 36.5 Å². The third-order valence-electron chi connectivity index (χ3n) is 6.56. The number of aliphatic hydroxyl groups is 2. The maximum Gasteiger partial charge on any atom is 0.194 e. The molecule has 0 bridgehead atoms. The molecule has 2 aromatic carbocycles. The Kier molecular flexibility index (Phi) is 7.23. The average Bonchev–Trinajstić information content (AvgIpc) is 3.54. The standard InChI is InChI=1S/C25H24ClF3N6O3/c1-3-13-4-5-15(26)8-19(13)35-25(30-12(2)32-35)21-9-20(24(37)22(11-36)38-21)34-10-18(31-33-34)14-6-16(27)23(29)17(28)7-14/h4-8,10,20-22,24,36-37H,3,9,11H2,1-2H3. The molecule has 0 saturated carbocycles. The van der Waals surface area contributed by atoms with E-state index in [2.05, 4.69) is 20.4 Å². The molecule has 3 heterocycles. The number of nitrogens with zero attached hydrogens (tertiary/aromatic N) is 6. The Morgan fingerprint density at radius 1 is 1.16 bits per heavy atom. The van der Waals surface area contributed by atoms with Crippen LogP contribution in [0.2, 0.25) is 5.02 Å². The van der Waals surface area contributed by atoms with E-state index in [4.69, 9.17) is 16.3 Å². The summed E-state index contributed by atoms with van der Waals surface area (Å²) in [4.78, 5) is 4.57. The lowest BCUT2D eigenvalue weighted by molar-refractivity contribution is -0.161. The number of aryl methyl sites for hydroxylation is 2. The highest BCUT2D eigenvalue weighted by Gasteiger charge is 2.41. The third kappa shape index (κ3) is 4.80. The Morgan fingerprint density at radius 3 is 2.58 bits per heavy atom. The van der Waals surface area contributed by atoms with Crippen LogP contribution in [0.4, 0.5) is 13.2 Å². The Morgan fingerprint density at radius 2 is 1.89 bits per heavy atom. The molecule has 2 aromatic heterocycles. The Labute approximate surface area is 220 Å². The second-order valence-electron chi connectivity index (χ2n) is 9.03. The lowest BCUT2D eigenvalue weighted by atomic mass is 9.95. The van der Waals surface area contributed by atoms with E-state index in [0.717, 1.165) is 23.4 Å². The first kappa shape index (κ1) is 26.3. The number of aliphatic hydroxyl groups excluding tert-OH is 2. The van der Waals surface area contributed by atoms with E-state index in [-0.39, 0.29) is 17.7 Å². The summed E-state index contributed by atoms with van der Waals surface area (Å²) >= 11 is 6.27. The van der Waals surface area contributed by atoms with Gasteiger partial charge in [0, 0.05) is 17.0 Å². The van der Waals surface area contributed by atoms with Gasteiger partial charge in [-0.25, -0.2) is 27.5 Å². The summed E-state index contributed by atoms with van der Waals surface area (Å²) in [5, 5.41) is 34.0. The molecule has 1 fully saturated rings. The minimum absolute atomic E-state index is 0.0205. The summed E-state index contributed by atoms with van der Waals surface area (Å²) in [6.45, 7) is 3.25. The van der Waals surface area contributed by atoms with Crippen LogP contribution in [0.3, 0.4) is 0 Å². The van der Waals surface area contributed by atoms with Crippen LogP contribution in [0, 0.1) is 24.4 Å². The molecule has 38 heavy (non-hydrogen) atoms. The van der Waals surface area contributed by atoms with Crippen molar-refractivity contribution in [1.82, 2.24) is 29.8 Å². The van der Waals surface area contributed by atoms with Crippen molar-refractivity contribution in [3.63, 3.8) is 0 Å². The predicted octanol–water partition coefficient (Wildman–Crippen LogP) is 3.89. The van der Waals surface area contributed by atoms with Crippen molar-refractivity contribution < 1.29 is 28.1 Å². The summed E-state index contributed by atoms with van der Waals surface area (Å²) in [6, 6.07) is 6.35. The first-order valence-electron chi connectivity index (χ1n) is 11.9. The summed E-state index contributed by atoms with van der Waals surface area (Å²) in [5.74, 6) is -3.37. The molecule has 0 amide bonds. The highest BCUT2D eigenvalue weighted by atomic mass is 35.5. The van der Waals surface area contributed by atoms with Crippen molar-refractivity contribution >= 4 is 11.6 Å². The fraction of sp³-hybridized carbons (Fsp3) is 0.360. The van der Waals surface area contributed by atoms with Gasteiger partial charge in [0.15, 0.2) is 23.3 Å². The minimum atomic E-state index is -1.58. The number of rotatable bonds is 6. The second kappa shape index (κ2) is 10.4. The van der Waals surface area contributed by atoms with Crippen molar-refractivity contribution in [3.8, 4) is 16.9 Å². The van der Waals surface area contributed by atoms with Gasteiger partial charge in [-0.05, 0) is 43.2 Å². The number of benzene rings is 2. The van der Waals surface area contributed by atoms with Crippen LogP contribution in [0.5, 0.6) is 0 Å². The SMILES string of the molecule is CCc1ccc(Cl)cc1-n1nc(C)nc1C1CC(n2cc(-c3cc(F)c(F)c(F)c3)nn2)C(O)C(CO)O1. The number of aromatic nitrogens is 6. The molecule has 9 nitrogen and oxygen atoms in total. The van der Waals surface area contributed by atoms with E-state index in [1.807, 2.05) is 13.0 Å². The first-order valence-corrected chi connectivity index (χ1v) is 12.3. The van der Waals surface area contributed by atoms with Crippen LogP contribution in [-0.4, -0.2) is 58.8 Å². The van der Waals surface area contributed by atoms with Crippen LogP contribution in [-0.2, 0) is 11.2 Å². The van der Waals surface area contributed by atoms with Gasteiger partial charge in [0.2, 0.25) is 0 Å². The molecule has 0 aliphatic carbocycles. The molecule has 5 rings (SSSR count). The maximum absolute atomic E-state index is 13.8. The Bertz CT molecular complexity index is 1460. The van der Waals surface area contributed by atoms with Gasteiger partial charge in [0.1, 0.15) is 29.8 Å². The molecule has 2 N–H and O–H groups in total. The number of ether oxygens (including phenoxy) is 1. The van der Waals surface area contributed by atoms with Crippen molar-refractivity contribution in [3.05, 3.63) is 76.2 Å². The van der Waals surface area contributed by atoms with Gasteiger partial charge in [-0.3, -0.25) is 0 Å². The quantitative estimate of drug-likeness (QED) is 0.352. The molecular weight excluding hydrogens is 525 g/mol. The zero-order valence-corrected chi connectivity index (χ0v) is 21.1. The summed E-state index contributed by atoms with van der Waals surface area (Å²) in [7, 11) is 0. The molecule has 4 unspecified atom stereocenters. The summed E-state index contributed by atoms with van der Waals surface area (Å²) in [6.07, 6.45) is -0.654. The van der Waals surface area contributed by atoms with E-state index in [9.17, 15) is 23.4 Å². The number of hydrogen-bond donors (Lipinski definition) is 2. The van der Waals surface area contributed by atoms with Crippen molar-refractivity contribution in [1.29, 1.82) is 0 Å². The lowest BCUT2D eigenvalue weighted by Gasteiger charge is -2.38. The highest BCUT2D eigenvalue weighted by Crippen LogP contribution is 2.38. The lowest BCUT2D eigenvalue weighted by Crippen LogP contribution is -2.45. The summed E-state index contributed by atoms with van der Waals surface area (Å²) < 4.78 is 50.0. The van der Waals surface area contributed by atoms with E-state index < -0.39 is 48.4 Å². The van der Waals surface area contributed by atoms with Gasteiger partial charge in [0.25, 0.3) is 0 Å². The van der Waals surface area contributed by atoms with E-state index in [1.54, 1.807) is 23.7 Å². The van der Waals surface area contributed by atoms with E-state index in [1.165, 1.54) is 10.9 Å². The first-order chi connectivity index (χ1) is 18.2. The fourth-order valence-corrected chi connectivity index (χ4v) is 4.83. The van der Waals surface area contributed by atoms with Crippen LogP contribution < -0.4 is 0 Å². The predicted molar refractivity (Wildman–Crippen MR) is 130 cm³/mol. The zero-order valence-electron chi connectivity index (χ0n) is 20.4. The Balaban J connectivity index is 1.51. The normalized spacial score (nSPS) is 21.7. The molecule has 1 aliphatic rings. The van der Waals surface area contributed by atoms with Crippen molar-refractivity contribution in [2.45, 2.75) is 51.0 Å². The van der Waals surface area contributed by atoms with Gasteiger partial charge in [-0.1, -0.05) is 29.8 Å². The molecule has 4 aromatic rings. The second-order valence-corrected chi connectivity index (χ2v) is 9.47. The number of halogens is 4. The molecule has 4 atom stereocenters. The fourth-order valence-electron chi connectivity index (χ4n) is 4.66. The van der Waals surface area contributed by atoms with Crippen molar-refractivity contribution in [2.75, 3.05) is 6.61 Å². The van der Waals surface area contributed by atoms with E-state index in [0.29, 0.717) is 23.1 Å². The highest BCUT2D eigenvalue weighted by molar-refractivity contribution is 6.30. The maximum atomic E-state index is 13.8. The molecular formula is C25H24ClF3N6O3. The molecule has 0 spiro atoms. The van der Waals surface area contributed by atoms with Gasteiger partial charge < -0.3 is 14.9 Å². The third-order valence-corrected chi connectivity index (χ3v) is 6.80. The smallest absolute Gasteiger partial charge is 0.194 e. The minimum Gasteiger partial charge on any atom is -0.394 e. The molecule has 1 saturated heterocycles.